The number of hydrogen-bond donors (Lipinski definition) is 3. The number of amides is 2. The molecule has 0 heterocycles. The van der Waals surface area contributed by atoms with Gasteiger partial charge in [0.05, 0.1) is 6.04 Å². The standard InChI is InChI=1S/C17H24N2O3/c1-12(19-17(22)18-10-4-7-16(20)21)14-9-8-13-5-2-3-6-15(13)11-14/h8-9,11-12H,2-7,10H2,1H3,(H,20,21)(H2,18,19,22). The van der Waals surface area contributed by atoms with Gasteiger partial charge in [-0.3, -0.25) is 4.79 Å². The largest absolute Gasteiger partial charge is 0.481 e. The lowest BCUT2D eigenvalue weighted by atomic mass is 9.89. The molecule has 1 aromatic carbocycles. The van der Waals surface area contributed by atoms with E-state index in [0.717, 1.165) is 18.4 Å². The Hall–Kier alpha value is -2.04. The molecular weight excluding hydrogens is 280 g/mol. The predicted molar refractivity (Wildman–Crippen MR) is 84.9 cm³/mol. The molecule has 1 aromatic rings. The van der Waals surface area contributed by atoms with Gasteiger partial charge >= 0.3 is 12.0 Å². The number of urea groups is 1. The Morgan fingerprint density at radius 2 is 1.95 bits per heavy atom. The van der Waals surface area contributed by atoms with Gasteiger partial charge in [-0.1, -0.05) is 18.2 Å². The molecule has 1 aliphatic carbocycles. The van der Waals surface area contributed by atoms with E-state index in [4.69, 9.17) is 5.11 Å². The van der Waals surface area contributed by atoms with Crippen molar-refractivity contribution < 1.29 is 14.7 Å². The molecule has 0 fully saturated rings. The van der Waals surface area contributed by atoms with Crippen LogP contribution in [0.2, 0.25) is 0 Å². The average molecular weight is 304 g/mol. The van der Waals surface area contributed by atoms with Gasteiger partial charge in [0.25, 0.3) is 0 Å². The Kier molecular flexibility index (Phi) is 5.81. The molecule has 0 saturated carbocycles. The second-order valence-corrected chi connectivity index (χ2v) is 5.85. The van der Waals surface area contributed by atoms with Crippen LogP contribution in [-0.4, -0.2) is 23.7 Å². The van der Waals surface area contributed by atoms with Crippen LogP contribution in [0.3, 0.4) is 0 Å². The van der Waals surface area contributed by atoms with Crippen LogP contribution >= 0.6 is 0 Å². The molecule has 2 amide bonds. The Labute approximate surface area is 131 Å². The van der Waals surface area contributed by atoms with Crippen LogP contribution in [0.5, 0.6) is 0 Å². The quantitative estimate of drug-likeness (QED) is 0.707. The van der Waals surface area contributed by atoms with Crippen LogP contribution in [0.15, 0.2) is 18.2 Å². The predicted octanol–water partition coefficient (Wildman–Crippen LogP) is 2.79. The van der Waals surface area contributed by atoms with Gasteiger partial charge < -0.3 is 15.7 Å². The number of benzene rings is 1. The summed E-state index contributed by atoms with van der Waals surface area (Å²) in [4.78, 5) is 22.2. The van der Waals surface area contributed by atoms with Crippen molar-refractivity contribution in [2.45, 2.75) is 51.5 Å². The van der Waals surface area contributed by atoms with Crippen molar-refractivity contribution in [1.82, 2.24) is 10.6 Å². The van der Waals surface area contributed by atoms with E-state index < -0.39 is 5.97 Å². The molecule has 1 aliphatic rings. The van der Waals surface area contributed by atoms with Crippen LogP contribution in [0.4, 0.5) is 4.79 Å². The molecular formula is C17H24N2O3. The van der Waals surface area contributed by atoms with E-state index in [2.05, 4.69) is 28.8 Å². The Balaban J connectivity index is 1.82. The first-order valence-corrected chi connectivity index (χ1v) is 7.94. The molecule has 5 nitrogen and oxygen atoms in total. The summed E-state index contributed by atoms with van der Waals surface area (Å²) in [6.07, 6.45) is 5.29. The van der Waals surface area contributed by atoms with E-state index in [1.54, 1.807) is 0 Å². The Bertz CT molecular complexity index is 543. The van der Waals surface area contributed by atoms with Crippen molar-refractivity contribution >= 4 is 12.0 Å². The molecule has 5 heteroatoms. The molecule has 120 valence electrons. The van der Waals surface area contributed by atoms with E-state index in [-0.39, 0.29) is 18.5 Å². The molecule has 0 aliphatic heterocycles. The van der Waals surface area contributed by atoms with Crippen molar-refractivity contribution in [3.05, 3.63) is 34.9 Å². The molecule has 0 spiro atoms. The summed E-state index contributed by atoms with van der Waals surface area (Å²) >= 11 is 0. The number of aryl methyl sites for hydroxylation is 2. The second kappa shape index (κ2) is 7.82. The van der Waals surface area contributed by atoms with E-state index >= 15 is 0 Å². The summed E-state index contributed by atoms with van der Waals surface area (Å²) < 4.78 is 0. The van der Waals surface area contributed by atoms with Crippen molar-refractivity contribution in [3.63, 3.8) is 0 Å². The van der Waals surface area contributed by atoms with Gasteiger partial charge in [-0.15, -0.1) is 0 Å². The third-order valence-corrected chi connectivity index (χ3v) is 4.07. The SMILES string of the molecule is CC(NC(=O)NCCCC(=O)O)c1ccc2c(c1)CCCC2. The highest BCUT2D eigenvalue weighted by molar-refractivity contribution is 5.74. The number of carboxylic acid groups (broad SMARTS) is 1. The molecule has 0 aromatic heterocycles. The van der Waals surface area contributed by atoms with E-state index in [0.29, 0.717) is 13.0 Å². The van der Waals surface area contributed by atoms with Gasteiger partial charge in [0.15, 0.2) is 0 Å². The summed E-state index contributed by atoms with van der Waals surface area (Å²) in [6.45, 7) is 2.33. The average Bonchev–Trinajstić information content (AvgIpc) is 2.51. The zero-order chi connectivity index (χ0) is 15.9. The zero-order valence-electron chi connectivity index (χ0n) is 13.0. The number of carboxylic acids is 1. The number of nitrogens with one attached hydrogen (secondary N) is 2. The molecule has 0 bridgehead atoms. The van der Waals surface area contributed by atoms with Crippen LogP contribution < -0.4 is 10.6 Å². The van der Waals surface area contributed by atoms with Gasteiger partial charge in [0, 0.05) is 13.0 Å². The summed E-state index contributed by atoms with van der Waals surface area (Å²) in [5, 5.41) is 14.1. The fraction of sp³-hybridized carbons (Fsp3) is 0.529. The van der Waals surface area contributed by atoms with Gasteiger partial charge in [-0.2, -0.15) is 0 Å². The van der Waals surface area contributed by atoms with Crippen molar-refractivity contribution in [3.8, 4) is 0 Å². The fourth-order valence-corrected chi connectivity index (χ4v) is 2.80. The molecule has 2 rings (SSSR count). The monoisotopic (exact) mass is 304 g/mol. The summed E-state index contributed by atoms with van der Waals surface area (Å²) in [7, 11) is 0. The van der Waals surface area contributed by atoms with E-state index in [9.17, 15) is 9.59 Å². The maximum atomic E-state index is 11.8. The minimum atomic E-state index is -0.843. The molecule has 0 saturated heterocycles. The Morgan fingerprint density at radius 1 is 1.23 bits per heavy atom. The van der Waals surface area contributed by atoms with Crippen LogP contribution in [-0.2, 0) is 17.6 Å². The number of aliphatic carboxylic acids is 1. The molecule has 1 unspecified atom stereocenters. The van der Waals surface area contributed by atoms with Crippen molar-refractivity contribution in [1.29, 1.82) is 0 Å². The maximum Gasteiger partial charge on any atom is 0.315 e. The second-order valence-electron chi connectivity index (χ2n) is 5.85. The van der Waals surface area contributed by atoms with Crippen LogP contribution in [0, 0.1) is 0 Å². The highest BCUT2D eigenvalue weighted by Gasteiger charge is 2.13. The van der Waals surface area contributed by atoms with Gasteiger partial charge in [-0.25, -0.2) is 4.79 Å². The number of carbonyl (C=O) groups is 2. The molecule has 3 N–H and O–H groups in total. The fourth-order valence-electron chi connectivity index (χ4n) is 2.80. The summed E-state index contributed by atoms with van der Waals surface area (Å²) in [5.74, 6) is -0.843. The molecule has 22 heavy (non-hydrogen) atoms. The van der Waals surface area contributed by atoms with Crippen LogP contribution in [0.1, 0.15) is 55.3 Å². The number of rotatable bonds is 6. The number of hydrogen-bond acceptors (Lipinski definition) is 2. The van der Waals surface area contributed by atoms with Crippen molar-refractivity contribution in [2.24, 2.45) is 0 Å². The lowest BCUT2D eigenvalue weighted by molar-refractivity contribution is -0.137. The topological polar surface area (TPSA) is 78.4 Å². The van der Waals surface area contributed by atoms with Crippen LogP contribution in [0.25, 0.3) is 0 Å². The van der Waals surface area contributed by atoms with Crippen molar-refractivity contribution in [2.75, 3.05) is 6.54 Å². The van der Waals surface area contributed by atoms with E-state index in [1.807, 2.05) is 6.92 Å². The molecule has 0 radical (unpaired) electrons. The highest BCUT2D eigenvalue weighted by atomic mass is 16.4. The first-order chi connectivity index (χ1) is 10.6. The van der Waals surface area contributed by atoms with E-state index in [1.165, 1.54) is 24.0 Å². The third kappa shape index (κ3) is 4.76. The van der Waals surface area contributed by atoms with Gasteiger partial charge in [-0.05, 0) is 55.7 Å². The lowest BCUT2D eigenvalue weighted by Crippen LogP contribution is -2.37. The lowest BCUT2D eigenvalue weighted by Gasteiger charge is -2.20. The minimum Gasteiger partial charge on any atom is -0.481 e. The number of fused-ring (bicyclic) bond motifs is 1. The Morgan fingerprint density at radius 3 is 2.68 bits per heavy atom. The summed E-state index contributed by atoms with van der Waals surface area (Å²) in [6, 6.07) is 6.14. The normalized spacial score (nSPS) is 14.8. The summed E-state index contributed by atoms with van der Waals surface area (Å²) in [5.41, 5.74) is 3.95. The number of carbonyl (C=O) groups excluding carboxylic acids is 1. The first kappa shape index (κ1) is 16.3. The van der Waals surface area contributed by atoms with Gasteiger partial charge in [0.2, 0.25) is 0 Å². The first-order valence-electron chi connectivity index (χ1n) is 7.94. The van der Waals surface area contributed by atoms with Gasteiger partial charge in [0.1, 0.15) is 0 Å². The maximum absolute atomic E-state index is 11.8. The highest BCUT2D eigenvalue weighted by Crippen LogP contribution is 2.24. The minimum absolute atomic E-state index is 0.0632. The smallest absolute Gasteiger partial charge is 0.315 e. The molecule has 1 atom stereocenters. The third-order valence-electron chi connectivity index (χ3n) is 4.07. The zero-order valence-corrected chi connectivity index (χ0v) is 13.0.